The number of halogens is 3. The van der Waals surface area contributed by atoms with Gasteiger partial charge in [0.15, 0.2) is 0 Å². The number of carbonyl (C=O) groups excluding carboxylic acids is 1. The van der Waals surface area contributed by atoms with Gasteiger partial charge in [-0.3, -0.25) is 14.8 Å². The molecule has 4 heterocycles. The van der Waals surface area contributed by atoms with Crippen molar-refractivity contribution in [3.63, 3.8) is 0 Å². The molecule has 2 fully saturated rings. The van der Waals surface area contributed by atoms with Crippen LogP contribution in [0, 0.1) is 5.92 Å². The number of alkyl halides is 3. The van der Waals surface area contributed by atoms with Crippen LogP contribution in [0.15, 0.2) is 43.1 Å². The van der Waals surface area contributed by atoms with Crippen molar-refractivity contribution in [3.05, 3.63) is 48.8 Å². The number of likely N-dealkylation sites (tertiary alicyclic amines) is 1. The van der Waals surface area contributed by atoms with Crippen LogP contribution in [0.25, 0.3) is 0 Å². The smallest absolute Gasteiger partial charge is 0.490 e. The van der Waals surface area contributed by atoms with Crippen LogP contribution in [0.3, 0.4) is 0 Å². The number of hydrogen-bond donors (Lipinski definition) is 1. The Morgan fingerprint density at radius 3 is 2.53 bits per heavy atom. The molecule has 1 spiro atoms. The molecule has 1 unspecified atom stereocenters. The molecule has 0 saturated carbocycles. The Morgan fingerprint density at radius 1 is 1.22 bits per heavy atom. The molecule has 2 aliphatic heterocycles. The van der Waals surface area contributed by atoms with E-state index in [-0.39, 0.29) is 11.5 Å². The molecule has 32 heavy (non-hydrogen) atoms. The summed E-state index contributed by atoms with van der Waals surface area (Å²) >= 11 is 0. The van der Waals surface area contributed by atoms with Crippen molar-refractivity contribution < 1.29 is 37.3 Å². The van der Waals surface area contributed by atoms with Gasteiger partial charge in [-0.15, -0.1) is 0 Å². The van der Waals surface area contributed by atoms with Crippen molar-refractivity contribution >= 4 is 11.9 Å². The number of carbonyl (C=O) groups is 2. The van der Waals surface area contributed by atoms with Crippen molar-refractivity contribution in [3.8, 4) is 5.75 Å². The highest BCUT2D eigenvalue weighted by molar-refractivity contribution is 5.92. The number of aromatic nitrogens is 3. The number of nitrogens with zero attached hydrogens (tertiary/aromatic N) is 4. The summed E-state index contributed by atoms with van der Waals surface area (Å²) in [5, 5.41) is 7.12. The highest BCUT2D eigenvalue weighted by Crippen LogP contribution is 2.42. The highest BCUT2D eigenvalue weighted by Gasteiger charge is 2.54. The largest absolute Gasteiger partial charge is 0.492 e. The number of carboxylic acid groups (broad SMARTS) is 1. The van der Waals surface area contributed by atoms with Crippen LogP contribution in [0.5, 0.6) is 5.75 Å². The van der Waals surface area contributed by atoms with Gasteiger partial charge in [0, 0.05) is 25.2 Å². The lowest BCUT2D eigenvalue weighted by atomic mass is 9.79. The minimum atomic E-state index is -5.08. The quantitative estimate of drug-likeness (QED) is 0.731. The van der Waals surface area contributed by atoms with Crippen molar-refractivity contribution in [1.82, 2.24) is 19.9 Å². The molecule has 1 amide bonds. The van der Waals surface area contributed by atoms with E-state index in [0.717, 1.165) is 25.2 Å². The van der Waals surface area contributed by atoms with Gasteiger partial charge in [-0.2, -0.15) is 13.2 Å². The maximum atomic E-state index is 12.4. The zero-order valence-electron chi connectivity index (χ0n) is 16.9. The van der Waals surface area contributed by atoms with E-state index in [2.05, 4.69) is 15.0 Å². The summed E-state index contributed by atoms with van der Waals surface area (Å²) in [5.74, 6) is -1.66. The molecule has 1 atom stereocenters. The number of amides is 1. The molecule has 2 aromatic rings. The van der Waals surface area contributed by atoms with Gasteiger partial charge in [-0.05, 0) is 30.9 Å². The first kappa shape index (κ1) is 23.4. The Kier molecular flexibility index (Phi) is 7.23. The standard InChI is InChI=1S/C18H20N4O3.C2HF3O2/c23-17(16-11-20-6-7-21-16)22-12-18(13-22)14(4-9-25-18)3-8-24-15-2-1-5-19-10-15;3-2(4,5)1(6)7/h1-2,5-7,10-11,14H,3-4,8-9,12-13H2;(H,6,7). The molecular weight excluding hydrogens is 433 g/mol. The van der Waals surface area contributed by atoms with Crippen LogP contribution >= 0.6 is 0 Å². The number of hydrogen-bond acceptors (Lipinski definition) is 7. The van der Waals surface area contributed by atoms with Crippen molar-refractivity contribution in [2.24, 2.45) is 5.92 Å². The number of pyridine rings is 1. The van der Waals surface area contributed by atoms with Crippen LogP contribution in [0.2, 0.25) is 0 Å². The van der Waals surface area contributed by atoms with Crippen LogP contribution in [-0.4, -0.2) is 74.9 Å². The fraction of sp³-hybridized carbons (Fsp3) is 0.450. The number of carboxylic acids is 1. The molecular formula is C20H21F3N4O5. The first-order chi connectivity index (χ1) is 15.2. The monoisotopic (exact) mass is 454 g/mol. The van der Waals surface area contributed by atoms with E-state index in [1.807, 2.05) is 12.1 Å². The summed E-state index contributed by atoms with van der Waals surface area (Å²) in [6.07, 6.45) is 4.86. The van der Waals surface area contributed by atoms with E-state index in [1.54, 1.807) is 23.5 Å². The topological polar surface area (TPSA) is 115 Å². The summed E-state index contributed by atoms with van der Waals surface area (Å²) in [4.78, 5) is 35.2. The van der Waals surface area contributed by atoms with Gasteiger partial charge < -0.3 is 19.5 Å². The summed E-state index contributed by atoms with van der Waals surface area (Å²) in [5.41, 5.74) is 0.155. The zero-order chi connectivity index (χ0) is 23.2. The molecule has 4 rings (SSSR count). The number of ether oxygens (including phenoxy) is 2. The average molecular weight is 454 g/mol. The SMILES string of the molecule is O=C(O)C(F)(F)F.O=C(c1cnccn1)N1CC2(C1)OCCC2CCOc1cccnc1. The maximum Gasteiger partial charge on any atom is 0.490 e. The second kappa shape index (κ2) is 9.90. The molecule has 172 valence electrons. The van der Waals surface area contributed by atoms with Crippen LogP contribution in [0.4, 0.5) is 13.2 Å². The Labute approximate surface area is 181 Å². The average Bonchev–Trinajstić information content (AvgIpc) is 3.17. The predicted molar refractivity (Wildman–Crippen MR) is 103 cm³/mol. The van der Waals surface area contributed by atoms with Gasteiger partial charge in [-0.1, -0.05) is 0 Å². The lowest BCUT2D eigenvalue weighted by molar-refractivity contribution is -0.192. The summed E-state index contributed by atoms with van der Waals surface area (Å²) < 4.78 is 43.5. The Hall–Kier alpha value is -3.28. The summed E-state index contributed by atoms with van der Waals surface area (Å²) in [7, 11) is 0. The van der Waals surface area contributed by atoms with Gasteiger partial charge in [0.2, 0.25) is 0 Å². The lowest BCUT2D eigenvalue weighted by Gasteiger charge is -2.50. The van der Waals surface area contributed by atoms with E-state index < -0.39 is 12.1 Å². The second-order valence-corrected chi connectivity index (χ2v) is 7.28. The molecule has 12 heteroatoms. The van der Waals surface area contributed by atoms with Gasteiger partial charge in [-0.25, -0.2) is 9.78 Å². The molecule has 0 radical (unpaired) electrons. The van der Waals surface area contributed by atoms with E-state index in [0.29, 0.717) is 31.3 Å². The minimum absolute atomic E-state index is 0.0837. The normalized spacial score (nSPS) is 19.0. The lowest BCUT2D eigenvalue weighted by Crippen LogP contribution is -2.66. The fourth-order valence-electron chi connectivity index (χ4n) is 3.61. The summed E-state index contributed by atoms with van der Waals surface area (Å²) in [6, 6.07) is 3.76. The summed E-state index contributed by atoms with van der Waals surface area (Å²) in [6.45, 7) is 2.59. The van der Waals surface area contributed by atoms with Crippen LogP contribution < -0.4 is 4.74 Å². The van der Waals surface area contributed by atoms with Crippen LogP contribution in [-0.2, 0) is 9.53 Å². The zero-order valence-corrected chi connectivity index (χ0v) is 16.9. The van der Waals surface area contributed by atoms with Crippen molar-refractivity contribution in [2.45, 2.75) is 24.6 Å². The van der Waals surface area contributed by atoms with E-state index in [1.165, 1.54) is 12.4 Å². The molecule has 9 nitrogen and oxygen atoms in total. The molecule has 0 aliphatic carbocycles. The third-order valence-corrected chi connectivity index (χ3v) is 5.20. The Balaban J connectivity index is 0.000000360. The first-order valence-corrected chi connectivity index (χ1v) is 9.73. The molecule has 0 bridgehead atoms. The van der Waals surface area contributed by atoms with Gasteiger partial charge in [0.1, 0.15) is 17.0 Å². The Bertz CT molecular complexity index is 908. The van der Waals surface area contributed by atoms with Gasteiger partial charge in [0.25, 0.3) is 5.91 Å². The van der Waals surface area contributed by atoms with Gasteiger partial charge in [0.05, 0.1) is 32.1 Å². The fourth-order valence-corrected chi connectivity index (χ4v) is 3.61. The molecule has 2 aromatic heterocycles. The molecule has 2 saturated heterocycles. The van der Waals surface area contributed by atoms with E-state index >= 15 is 0 Å². The van der Waals surface area contributed by atoms with Gasteiger partial charge >= 0.3 is 12.1 Å². The van der Waals surface area contributed by atoms with Crippen molar-refractivity contribution in [2.75, 3.05) is 26.3 Å². The third kappa shape index (κ3) is 5.69. The maximum absolute atomic E-state index is 12.4. The molecule has 0 aromatic carbocycles. The third-order valence-electron chi connectivity index (χ3n) is 5.20. The predicted octanol–water partition coefficient (Wildman–Crippen LogP) is 2.21. The first-order valence-electron chi connectivity index (χ1n) is 9.73. The second-order valence-electron chi connectivity index (χ2n) is 7.28. The van der Waals surface area contributed by atoms with E-state index in [9.17, 15) is 18.0 Å². The number of rotatable bonds is 5. The molecule has 2 aliphatic rings. The van der Waals surface area contributed by atoms with E-state index in [4.69, 9.17) is 19.4 Å². The van der Waals surface area contributed by atoms with Crippen LogP contribution in [0.1, 0.15) is 23.3 Å². The number of aliphatic carboxylic acids is 1. The minimum Gasteiger partial charge on any atom is -0.492 e. The van der Waals surface area contributed by atoms with Crippen molar-refractivity contribution in [1.29, 1.82) is 0 Å². The molecule has 1 N–H and O–H groups in total. The highest BCUT2D eigenvalue weighted by atomic mass is 19.4. The Morgan fingerprint density at radius 2 is 1.94 bits per heavy atom.